The van der Waals surface area contributed by atoms with E-state index in [9.17, 15) is 9.18 Å². The molecule has 0 spiro atoms. The number of anilines is 1. The number of nitrogens with one attached hydrogen (secondary N) is 1. The lowest BCUT2D eigenvalue weighted by molar-refractivity contribution is 0.106. The predicted molar refractivity (Wildman–Crippen MR) is 107 cm³/mol. The van der Waals surface area contributed by atoms with E-state index in [2.05, 4.69) is 34.5 Å². The topological polar surface area (TPSA) is 44.8 Å². The van der Waals surface area contributed by atoms with Crippen molar-refractivity contribution in [1.82, 2.24) is 9.80 Å². The minimum atomic E-state index is -0.493. The molecule has 4 rings (SSSR count). The van der Waals surface area contributed by atoms with Crippen molar-refractivity contribution < 1.29 is 13.9 Å². The van der Waals surface area contributed by atoms with Gasteiger partial charge >= 0.3 is 6.03 Å². The molecule has 0 unspecified atom stereocenters. The highest BCUT2D eigenvalue weighted by atomic mass is 19.1. The van der Waals surface area contributed by atoms with Crippen molar-refractivity contribution in [2.75, 3.05) is 38.6 Å². The van der Waals surface area contributed by atoms with E-state index in [-0.39, 0.29) is 11.7 Å². The summed E-state index contributed by atoms with van der Waals surface area (Å²) in [5.74, 6) is -0.0645. The number of fused-ring (bicyclic) bond motifs is 1. The highest BCUT2D eigenvalue weighted by Gasteiger charge is 2.28. The first kappa shape index (κ1) is 18.7. The van der Waals surface area contributed by atoms with Gasteiger partial charge in [0.1, 0.15) is 11.6 Å². The Kier molecular flexibility index (Phi) is 5.48. The number of nitrogens with zero attached hydrogens (tertiary/aromatic N) is 2. The van der Waals surface area contributed by atoms with Crippen LogP contribution in [0.15, 0.2) is 42.5 Å². The van der Waals surface area contributed by atoms with Gasteiger partial charge < -0.3 is 15.0 Å². The van der Waals surface area contributed by atoms with Gasteiger partial charge in [0, 0.05) is 38.3 Å². The van der Waals surface area contributed by atoms with Gasteiger partial charge in [-0.15, -0.1) is 0 Å². The van der Waals surface area contributed by atoms with Crippen molar-refractivity contribution in [3.8, 4) is 5.75 Å². The average molecular weight is 383 g/mol. The Labute approximate surface area is 165 Å². The molecular formula is C22H26FN3O2. The summed E-state index contributed by atoms with van der Waals surface area (Å²) in [4.78, 5) is 16.8. The van der Waals surface area contributed by atoms with Crippen LogP contribution in [-0.4, -0.2) is 55.2 Å². The van der Waals surface area contributed by atoms with E-state index in [4.69, 9.17) is 4.74 Å². The fourth-order valence-corrected chi connectivity index (χ4v) is 4.20. The Balaban J connectivity index is 1.31. The van der Waals surface area contributed by atoms with Crippen LogP contribution in [0.1, 0.15) is 17.5 Å². The molecule has 1 atom stereocenters. The number of piperazine rings is 1. The highest BCUT2D eigenvalue weighted by Crippen LogP contribution is 2.25. The smallest absolute Gasteiger partial charge is 0.322 e. The standard InChI is InChI=1S/C22H26FN3O2/c1-28-19-8-9-21(20(23)15-19)24-22(27)26-12-10-25(11-13-26)18-7-6-16-4-2-3-5-17(16)14-18/h2-5,8-9,15,18H,6-7,10-14H2,1H3,(H,24,27)/t18-/m1/s1. The molecule has 1 aliphatic heterocycles. The summed E-state index contributed by atoms with van der Waals surface area (Å²) in [6.07, 6.45) is 3.37. The molecule has 6 heteroatoms. The molecule has 1 heterocycles. The number of rotatable bonds is 3. The lowest BCUT2D eigenvalue weighted by Crippen LogP contribution is -2.54. The molecule has 2 aromatic carbocycles. The number of urea groups is 1. The van der Waals surface area contributed by atoms with Crippen LogP contribution in [0.2, 0.25) is 0 Å². The SMILES string of the molecule is COc1ccc(NC(=O)N2CCN([C@@H]3CCc4ccccc4C3)CC2)c(F)c1. The fourth-order valence-electron chi connectivity index (χ4n) is 4.20. The van der Waals surface area contributed by atoms with Crippen molar-refractivity contribution in [2.24, 2.45) is 0 Å². The monoisotopic (exact) mass is 383 g/mol. The van der Waals surface area contributed by atoms with Gasteiger partial charge in [0.15, 0.2) is 0 Å². The van der Waals surface area contributed by atoms with Crippen LogP contribution >= 0.6 is 0 Å². The first-order chi connectivity index (χ1) is 13.6. The van der Waals surface area contributed by atoms with Crippen LogP contribution in [0, 0.1) is 5.82 Å². The van der Waals surface area contributed by atoms with Crippen molar-refractivity contribution in [3.05, 3.63) is 59.4 Å². The Bertz CT molecular complexity index is 849. The first-order valence-corrected chi connectivity index (χ1v) is 9.84. The van der Waals surface area contributed by atoms with E-state index < -0.39 is 5.82 Å². The van der Waals surface area contributed by atoms with Gasteiger partial charge in [-0.1, -0.05) is 24.3 Å². The van der Waals surface area contributed by atoms with Crippen LogP contribution in [-0.2, 0) is 12.8 Å². The van der Waals surface area contributed by atoms with Crippen molar-refractivity contribution in [1.29, 1.82) is 0 Å². The summed E-state index contributed by atoms with van der Waals surface area (Å²) in [7, 11) is 1.48. The quantitative estimate of drug-likeness (QED) is 0.882. The van der Waals surface area contributed by atoms with Gasteiger partial charge in [0.25, 0.3) is 0 Å². The highest BCUT2D eigenvalue weighted by molar-refractivity contribution is 5.89. The van der Waals surface area contributed by atoms with E-state index in [0.29, 0.717) is 24.9 Å². The number of hydrogen-bond acceptors (Lipinski definition) is 3. The second-order valence-electron chi connectivity index (χ2n) is 7.46. The fraction of sp³-hybridized carbons (Fsp3) is 0.409. The van der Waals surface area contributed by atoms with E-state index in [1.165, 1.54) is 36.8 Å². The van der Waals surface area contributed by atoms with Crippen LogP contribution in [0.4, 0.5) is 14.9 Å². The molecule has 1 saturated heterocycles. The Morgan fingerprint density at radius 2 is 1.86 bits per heavy atom. The third-order valence-corrected chi connectivity index (χ3v) is 5.86. The largest absolute Gasteiger partial charge is 0.497 e. The second kappa shape index (κ2) is 8.19. The van der Waals surface area contributed by atoms with Crippen LogP contribution in [0.5, 0.6) is 5.75 Å². The number of ether oxygens (including phenoxy) is 1. The Hall–Kier alpha value is -2.60. The Morgan fingerprint density at radius 1 is 1.11 bits per heavy atom. The summed E-state index contributed by atoms with van der Waals surface area (Å²) in [6.45, 7) is 3.01. The number of aryl methyl sites for hydroxylation is 1. The maximum Gasteiger partial charge on any atom is 0.322 e. The number of hydrogen-bond donors (Lipinski definition) is 1. The predicted octanol–water partition coefficient (Wildman–Crippen LogP) is 3.54. The van der Waals surface area contributed by atoms with Crippen LogP contribution in [0.25, 0.3) is 0 Å². The molecule has 0 bridgehead atoms. The van der Waals surface area contributed by atoms with E-state index in [1.54, 1.807) is 11.0 Å². The van der Waals surface area contributed by atoms with Crippen molar-refractivity contribution in [3.63, 3.8) is 0 Å². The van der Waals surface area contributed by atoms with Crippen molar-refractivity contribution >= 4 is 11.7 Å². The number of halogens is 1. The third kappa shape index (κ3) is 3.97. The number of benzene rings is 2. The van der Waals surface area contributed by atoms with Gasteiger partial charge in [-0.3, -0.25) is 4.90 Å². The Morgan fingerprint density at radius 3 is 2.57 bits per heavy atom. The van der Waals surface area contributed by atoms with Gasteiger partial charge in [-0.25, -0.2) is 9.18 Å². The van der Waals surface area contributed by atoms with E-state index in [1.807, 2.05) is 0 Å². The van der Waals surface area contributed by atoms with E-state index in [0.717, 1.165) is 25.9 Å². The first-order valence-electron chi connectivity index (χ1n) is 9.84. The summed E-state index contributed by atoms with van der Waals surface area (Å²) in [5.41, 5.74) is 3.10. The summed E-state index contributed by atoms with van der Waals surface area (Å²) in [5, 5.41) is 2.68. The number of carbonyl (C=O) groups is 1. The lowest BCUT2D eigenvalue weighted by atomic mass is 9.87. The van der Waals surface area contributed by atoms with Crippen LogP contribution in [0.3, 0.4) is 0 Å². The molecule has 0 saturated carbocycles. The van der Waals surface area contributed by atoms with E-state index >= 15 is 0 Å². The summed E-state index contributed by atoms with van der Waals surface area (Å²) >= 11 is 0. The maximum absolute atomic E-state index is 14.1. The normalized spacial score (nSPS) is 19.8. The van der Waals surface area contributed by atoms with Gasteiger partial charge in [0.05, 0.1) is 12.8 Å². The molecule has 1 aliphatic carbocycles. The summed E-state index contributed by atoms with van der Waals surface area (Å²) in [6, 6.07) is 13.4. The molecule has 148 valence electrons. The molecule has 5 nitrogen and oxygen atoms in total. The zero-order chi connectivity index (χ0) is 19.5. The molecule has 0 aromatic heterocycles. The molecule has 1 N–H and O–H groups in total. The van der Waals surface area contributed by atoms with Gasteiger partial charge in [-0.2, -0.15) is 0 Å². The number of methoxy groups -OCH3 is 1. The van der Waals surface area contributed by atoms with Gasteiger partial charge in [-0.05, 0) is 42.5 Å². The summed E-state index contributed by atoms with van der Waals surface area (Å²) < 4.78 is 19.1. The maximum atomic E-state index is 14.1. The number of amides is 2. The average Bonchev–Trinajstić information content (AvgIpc) is 2.75. The molecule has 0 radical (unpaired) electrons. The minimum absolute atomic E-state index is 0.178. The number of carbonyl (C=O) groups excluding carboxylic acids is 1. The van der Waals surface area contributed by atoms with Crippen molar-refractivity contribution in [2.45, 2.75) is 25.3 Å². The zero-order valence-electron chi connectivity index (χ0n) is 16.2. The molecule has 28 heavy (non-hydrogen) atoms. The van der Waals surface area contributed by atoms with Gasteiger partial charge in [0.2, 0.25) is 0 Å². The molecule has 2 amide bonds. The molecule has 2 aromatic rings. The third-order valence-electron chi connectivity index (χ3n) is 5.86. The molecule has 2 aliphatic rings. The second-order valence-corrected chi connectivity index (χ2v) is 7.46. The molecular weight excluding hydrogens is 357 g/mol. The molecule has 1 fully saturated rings. The van der Waals surface area contributed by atoms with Crippen LogP contribution < -0.4 is 10.1 Å². The minimum Gasteiger partial charge on any atom is -0.497 e. The zero-order valence-corrected chi connectivity index (χ0v) is 16.2. The lowest BCUT2D eigenvalue weighted by Gasteiger charge is -2.41.